The Balaban J connectivity index is 2.39. The van der Waals surface area contributed by atoms with Gasteiger partial charge in [0.2, 0.25) is 5.91 Å². The molecule has 0 unspecified atom stereocenters. The maximum absolute atomic E-state index is 11.3. The van der Waals surface area contributed by atoms with Gasteiger partial charge in [-0.3, -0.25) is 9.78 Å². The van der Waals surface area contributed by atoms with Gasteiger partial charge in [0.15, 0.2) is 0 Å². The zero-order chi connectivity index (χ0) is 15.2. The van der Waals surface area contributed by atoms with Crippen LogP contribution in [0.2, 0.25) is 0 Å². The van der Waals surface area contributed by atoms with Crippen molar-refractivity contribution < 1.29 is 14.3 Å². The highest BCUT2D eigenvalue weighted by Crippen LogP contribution is 2.24. The molecule has 0 atom stereocenters. The average Bonchev–Trinajstić information content (AvgIpc) is 2.52. The van der Waals surface area contributed by atoms with Crippen LogP contribution in [0, 0.1) is 0 Å². The molecule has 1 N–H and O–H groups in total. The minimum Gasteiger partial charge on any atom is -0.423 e. The number of ether oxygens (including phenoxy) is 1. The van der Waals surface area contributed by atoms with Gasteiger partial charge in [-0.2, -0.15) is 0 Å². The number of amides is 1. The number of hydrogen-bond donors (Lipinski definition) is 1. The van der Waals surface area contributed by atoms with Crippen LogP contribution in [0.1, 0.15) is 5.56 Å². The average molecular weight is 282 g/mol. The summed E-state index contributed by atoms with van der Waals surface area (Å²) < 4.78 is 5.12. The van der Waals surface area contributed by atoms with Gasteiger partial charge in [-0.15, -0.1) is 0 Å². The third-order valence-electron chi connectivity index (χ3n) is 2.80. The lowest BCUT2D eigenvalue weighted by atomic mass is 10.1. The number of fused-ring (bicyclic) bond motifs is 1. The predicted molar refractivity (Wildman–Crippen MR) is 79.6 cm³/mol. The summed E-state index contributed by atoms with van der Waals surface area (Å²) in [5, 5.41) is 3.57. The second-order valence-corrected chi connectivity index (χ2v) is 4.20. The molecule has 0 radical (unpaired) electrons. The second kappa shape index (κ2) is 6.47. The van der Waals surface area contributed by atoms with E-state index in [1.165, 1.54) is 6.08 Å². The van der Waals surface area contributed by atoms with Crippen molar-refractivity contribution in [3.63, 3.8) is 0 Å². The Labute approximate surface area is 121 Å². The van der Waals surface area contributed by atoms with Gasteiger partial charge >= 0.3 is 5.97 Å². The zero-order valence-electron chi connectivity index (χ0n) is 11.3. The number of carbonyl (C=O) groups excluding carboxylic acids is 2. The Morgan fingerprint density at radius 3 is 2.81 bits per heavy atom. The van der Waals surface area contributed by atoms with Crippen LogP contribution in [0.4, 0.5) is 0 Å². The molecule has 0 aliphatic carbocycles. The fourth-order valence-corrected chi connectivity index (χ4v) is 1.85. The molecular formula is C16H14N2O3. The van der Waals surface area contributed by atoms with Crippen LogP contribution >= 0.6 is 0 Å². The summed E-state index contributed by atoms with van der Waals surface area (Å²) in [5.41, 5.74) is 1.47. The van der Waals surface area contributed by atoms with Crippen molar-refractivity contribution in [3.8, 4) is 5.75 Å². The van der Waals surface area contributed by atoms with Gasteiger partial charge in [-0.1, -0.05) is 19.2 Å². The Morgan fingerprint density at radius 1 is 1.29 bits per heavy atom. The standard InChI is InChI=1S/C16H14N2O3/c1-3-15(19)18-10-11-8-12(21-16(20)4-2)9-14-13(11)6-5-7-17-14/h3-9H,1-2,10H2,(H,18,19). The third-order valence-corrected chi connectivity index (χ3v) is 2.80. The van der Waals surface area contributed by atoms with Gasteiger partial charge in [-0.25, -0.2) is 4.79 Å². The van der Waals surface area contributed by atoms with E-state index >= 15 is 0 Å². The highest BCUT2D eigenvalue weighted by molar-refractivity contribution is 5.89. The number of esters is 1. The molecule has 0 aliphatic rings. The minimum atomic E-state index is -0.550. The van der Waals surface area contributed by atoms with E-state index in [4.69, 9.17) is 4.74 Å². The van der Waals surface area contributed by atoms with Gasteiger partial charge < -0.3 is 10.1 Å². The van der Waals surface area contributed by atoms with Crippen molar-refractivity contribution in [2.24, 2.45) is 0 Å². The SMILES string of the molecule is C=CC(=O)NCc1cc(OC(=O)C=C)cc2ncccc12. The zero-order valence-corrected chi connectivity index (χ0v) is 11.3. The molecule has 2 aromatic rings. The molecule has 1 heterocycles. The van der Waals surface area contributed by atoms with Gasteiger partial charge in [0, 0.05) is 30.3 Å². The first-order valence-corrected chi connectivity index (χ1v) is 6.26. The molecule has 2 rings (SSSR count). The Morgan fingerprint density at radius 2 is 2.10 bits per heavy atom. The molecule has 1 aromatic carbocycles. The molecular weight excluding hydrogens is 268 g/mol. The Kier molecular flexibility index (Phi) is 4.46. The van der Waals surface area contributed by atoms with Crippen molar-refractivity contribution in [2.75, 3.05) is 0 Å². The molecule has 1 amide bonds. The van der Waals surface area contributed by atoms with Gasteiger partial charge in [-0.05, 0) is 23.8 Å². The summed E-state index contributed by atoms with van der Waals surface area (Å²) in [4.78, 5) is 26.8. The van der Waals surface area contributed by atoms with Gasteiger partial charge in [0.1, 0.15) is 5.75 Å². The highest BCUT2D eigenvalue weighted by atomic mass is 16.5. The molecule has 5 heteroatoms. The molecule has 5 nitrogen and oxygen atoms in total. The summed E-state index contributed by atoms with van der Waals surface area (Å²) in [6, 6.07) is 7.04. The quantitative estimate of drug-likeness (QED) is 0.518. The molecule has 0 bridgehead atoms. The van der Waals surface area contributed by atoms with E-state index in [-0.39, 0.29) is 12.5 Å². The van der Waals surface area contributed by atoms with Crippen LogP contribution in [-0.2, 0) is 16.1 Å². The van der Waals surface area contributed by atoms with Gasteiger partial charge in [0.05, 0.1) is 5.52 Å². The summed E-state index contributed by atoms with van der Waals surface area (Å²) in [6.07, 6.45) is 3.93. The lowest BCUT2D eigenvalue weighted by Crippen LogP contribution is -2.20. The summed E-state index contributed by atoms with van der Waals surface area (Å²) >= 11 is 0. The van der Waals surface area contributed by atoms with Crippen molar-refractivity contribution in [3.05, 3.63) is 61.3 Å². The number of nitrogens with zero attached hydrogens (tertiary/aromatic N) is 1. The number of nitrogens with one attached hydrogen (secondary N) is 1. The smallest absolute Gasteiger partial charge is 0.335 e. The molecule has 1 aromatic heterocycles. The van der Waals surface area contributed by atoms with E-state index < -0.39 is 5.97 Å². The molecule has 0 spiro atoms. The monoisotopic (exact) mass is 282 g/mol. The van der Waals surface area contributed by atoms with E-state index in [2.05, 4.69) is 23.5 Å². The van der Waals surface area contributed by atoms with Crippen LogP contribution < -0.4 is 10.1 Å². The topological polar surface area (TPSA) is 68.3 Å². The lowest BCUT2D eigenvalue weighted by Gasteiger charge is -2.10. The lowest BCUT2D eigenvalue weighted by molar-refractivity contribution is -0.129. The van der Waals surface area contributed by atoms with Crippen molar-refractivity contribution >= 4 is 22.8 Å². The highest BCUT2D eigenvalue weighted by Gasteiger charge is 2.08. The summed E-state index contributed by atoms with van der Waals surface area (Å²) in [6.45, 7) is 7.04. The van der Waals surface area contributed by atoms with Crippen molar-refractivity contribution in [1.82, 2.24) is 10.3 Å². The Hall–Kier alpha value is -2.95. The normalized spacial score (nSPS) is 9.90. The van der Waals surface area contributed by atoms with Gasteiger partial charge in [0.25, 0.3) is 0 Å². The van der Waals surface area contributed by atoms with Crippen LogP contribution in [-0.4, -0.2) is 16.9 Å². The molecule has 21 heavy (non-hydrogen) atoms. The maximum atomic E-state index is 11.3. The molecule has 0 saturated heterocycles. The Bertz CT molecular complexity index is 723. The third kappa shape index (κ3) is 3.54. The largest absolute Gasteiger partial charge is 0.423 e. The maximum Gasteiger partial charge on any atom is 0.335 e. The summed E-state index contributed by atoms with van der Waals surface area (Å²) in [5.74, 6) is -0.471. The number of rotatable bonds is 5. The number of carbonyl (C=O) groups is 2. The molecule has 0 fully saturated rings. The molecule has 0 saturated carbocycles. The van der Waals surface area contributed by atoms with Crippen LogP contribution in [0.25, 0.3) is 10.9 Å². The van der Waals surface area contributed by atoms with Crippen molar-refractivity contribution in [2.45, 2.75) is 6.54 Å². The van der Waals surface area contributed by atoms with Crippen molar-refractivity contribution in [1.29, 1.82) is 0 Å². The van der Waals surface area contributed by atoms with E-state index in [0.29, 0.717) is 11.3 Å². The number of aromatic nitrogens is 1. The molecule has 106 valence electrons. The van der Waals surface area contributed by atoms with E-state index in [1.807, 2.05) is 6.07 Å². The van der Waals surface area contributed by atoms with Crippen LogP contribution in [0.5, 0.6) is 5.75 Å². The first-order chi connectivity index (χ1) is 10.1. The number of pyridine rings is 1. The fraction of sp³-hybridized carbons (Fsp3) is 0.0625. The second-order valence-electron chi connectivity index (χ2n) is 4.20. The van der Waals surface area contributed by atoms with E-state index in [1.54, 1.807) is 24.4 Å². The fourth-order valence-electron chi connectivity index (χ4n) is 1.85. The van der Waals surface area contributed by atoms with Crippen LogP contribution in [0.3, 0.4) is 0 Å². The predicted octanol–water partition coefficient (Wildman–Crippen LogP) is 2.13. The van der Waals surface area contributed by atoms with Crippen LogP contribution in [0.15, 0.2) is 55.8 Å². The number of benzene rings is 1. The minimum absolute atomic E-state index is 0.277. The first-order valence-electron chi connectivity index (χ1n) is 6.26. The first kappa shape index (κ1) is 14.5. The summed E-state index contributed by atoms with van der Waals surface area (Å²) in [7, 11) is 0. The number of hydrogen-bond acceptors (Lipinski definition) is 4. The van der Waals surface area contributed by atoms with E-state index in [0.717, 1.165) is 17.0 Å². The van der Waals surface area contributed by atoms with E-state index in [9.17, 15) is 9.59 Å². The molecule has 0 aliphatic heterocycles.